The summed E-state index contributed by atoms with van der Waals surface area (Å²) in [6.45, 7) is 2.62. The van der Waals surface area contributed by atoms with Gasteiger partial charge < -0.3 is 4.74 Å². The summed E-state index contributed by atoms with van der Waals surface area (Å²) in [4.78, 5) is 23.3. The van der Waals surface area contributed by atoms with Crippen LogP contribution in [0.4, 0.5) is 0 Å². The van der Waals surface area contributed by atoms with E-state index in [2.05, 4.69) is 10.2 Å². The molecule has 7 heteroatoms. The Labute approximate surface area is 126 Å². The molecule has 2 rings (SSSR count). The molecule has 0 fully saturated rings. The quantitative estimate of drug-likeness (QED) is 0.653. The lowest BCUT2D eigenvalue weighted by molar-refractivity contribution is 0.0600. The molecule has 1 N–H and O–H groups in total. The Morgan fingerprint density at radius 1 is 1.43 bits per heavy atom. The molecular weight excluding hydrogens is 290 g/mol. The molecule has 0 unspecified atom stereocenters. The lowest BCUT2D eigenvalue weighted by Crippen LogP contribution is -2.17. The molecule has 0 radical (unpaired) electrons. The highest BCUT2D eigenvalue weighted by Gasteiger charge is 2.13. The predicted octanol–water partition coefficient (Wildman–Crippen LogP) is 2.06. The summed E-state index contributed by atoms with van der Waals surface area (Å²) in [5.41, 5.74) is 1.18. The molecule has 1 aromatic heterocycles. The van der Waals surface area contributed by atoms with Crippen molar-refractivity contribution in [3.05, 3.63) is 45.9 Å². The minimum atomic E-state index is -0.362. The van der Waals surface area contributed by atoms with E-state index in [0.717, 1.165) is 12.0 Å². The number of methoxy groups -OCH3 is 1. The first kappa shape index (κ1) is 15.4. The van der Waals surface area contributed by atoms with Crippen molar-refractivity contribution in [3.8, 4) is 0 Å². The lowest BCUT2D eigenvalue weighted by atomic mass is 10.1. The van der Waals surface area contributed by atoms with E-state index >= 15 is 0 Å². The zero-order chi connectivity index (χ0) is 15.2. The number of nitrogens with zero attached hydrogens (tertiary/aromatic N) is 2. The van der Waals surface area contributed by atoms with Gasteiger partial charge in [0, 0.05) is 12.3 Å². The molecule has 1 heterocycles. The van der Waals surface area contributed by atoms with Crippen molar-refractivity contribution in [3.63, 3.8) is 0 Å². The van der Waals surface area contributed by atoms with Crippen molar-refractivity contribution in [1.82, 2.24) is 14.8 Å². The van der Waals surface area contributed by atoms with Crippen molar-refractivity contribution in [1.29, 1.82) is 0 Å². The largest absolute Gasteiger partial charge is 0.465 e. The summed E-state index contributed by atoms with van der Waals surface area (Å²) in [6, 6.07) is 7.26. The summed E-state index contributed by atoms with van der Waals surface area (Å²) in [5.74, 6) is 0.179. The minimum Gasteiger partial charge on any atom is -0.465 e. The van der Waals surface area contributed by atoms with Gasteiger partial charge in [0.15, 0.2) is 5.16 Å². The third kappa shape index (κ3) is 3.55. The summed E-state index contributed by atoms with van der Waals surface area (Å²) >= 11 is 1.42. The number of aromatic amines is 1. The number of H-pyrrole nitrogens is 1. The van der Waals surface area contributed by atoms with Crippen LogP contribution >= 0.6 is 11.8 Å². The maximum Gasteiger partial charge on any atom is 0.343 e. The zero-order valence-electron chi connectivity index (χ0n) is 12.0. The van der Waals surface area contributed by atoms with E-state index in [1.165, 1.54) is 18.9 Å². The van der Waals surface area contributed by atoms with Gasteiger partial charge in [0.2, 0.25) is 0 Å². The van der Waals surface area contributed by atoms with Gasteiger partial charge in [0.25, 0.3) is 0 Å². The second kappa shape index (κ2) is 7.12. The van der Waals surface area contributed by atoms with Crippen LogP contribution in [-0.2, 0) is 17.0 Å². The maximum atomic E-state index is 11.7. The highest BCUT2D eigenvalue weighted by Crippen LogP contribution is 2.22. The number of esters is 1. The number of ether oxygens (including phenoxy) is 1. The minimum absolute atomic E-state index is 0.208. The van der Waals surface area contributed by atoms with Crippen LogP contribution in [0.15, 0.2) is 34.2 Å². The van der Waals surface area contributed by atoms with Crippen molar-refractivity contribution in [2.45, 2.75) is 30.8 Å². The third-order valence-electron chi connectivity index (χ3n) is 2.95. The highest BCUT2D eigenvalue weighted by atomic mass is 32.2. The van der Waals surface area contributed by atoms with Crippen LogP contribution in [0.25, 0.3) is 0 Å². The smallest absolute Gasteiger partial charge is 0.343 e. The van der Waals surface area contributed by atoms with Crippen LogP contribution in [0, 0.1) is 0 Å². The molecular formula is C14H17N3O3S. The standard InChI is InChI=1S/C14H17N3O3S/c1-3-8-17-13(19)15-16-14(17)21-9-10-6-4-5-7-11(10)12(18)20-2/h4-7H,3,8-9H2,1-2H3,(H,15,19). The van der Waals surface area contributed by atoms with E-state index in [9.17, 15) is 9.59 Å². The fourth-order valence-corrected chi connectivity index (χ4v) is 2.91. The number of hydrogen-bond acceptors (Lipinski definition) is 5. The third-order valence-corrected chi connectivity index (χ3v) is 3.98. The second-order valence-corrected chi connectivity index (χ2v) is 5.34. The fraction of sp³-hybridized carbons (Fsp3) is 0.357. The molecule has 0 bridgehead atoms. The SMILES string of the molecule is CCCn1c(SCc2ccccc2C(=O)OC)n[nH]c1=O. The molecule has 21 heavy (non-hydrogen) atoms. The van der Waals surface area contributed by atoms with Gasteiger partial charge in [-0.25, -0.2) is 14.7 Å². The average molecular weight is 307 g/mol. The molecule has 0 saturated heterocycles. The first-order valence-corrected chi connectivity index (χ1v) is 7.60. The van der Waals surface area contributed by atoms with Gasteiger partial charge in [-0.3, -0.25) is 4.57 Å². The number of aromatic nitrogens is 3. The second-order valence-electron chi connectivity index (χ2n) is 4.40. The summed E-state index contributed by atoms with van der Waals surface area (Å²) < 4.78 is 6.37. The molecule has 0 aliphatic heterocycles. The Morgan fingerprint density at radius 2 is 2.19 bits per heavy atom. The van der Waals surface area contributed by atoms with Crippen LogP contribution in [-0.4, -0.2) is 27.8 Å². The van der Waals surface area contributed by atoms with Gasteiger partial charge in [-0.1, -0.05) is 36.9 Å². The Kier molecular flexibility index (Phi) is 5.21. The summed E-state index contributed by atoms with van der Waals surface area (Å²) in [6.07, 6.45) is 0.853. The number of carbonyl (C=O) groups excluding carboxylic acids is 1. The first-order valence-electron chi connectivity index (χ1n) is 6.61. The summed E-state index contributed by atoms with van der Waals surface area (Å²) in [5, 5.41) is 7.09. The summed E-state index contributed by atoms with van der Waals surface area (Å²) in [7, 11) is 1.36. The van der Waals surface area contributed by atoms with Gasteiger partial charge in [-0.2, -0.15) is 0 Å². The van der Waals surface area contributed by atoms with Gasteiger partial charge in [0.1, 0.15) is 0 Å². The lowest BCUT2D eigenvalue weighted by Gasteiger charge is -2.07. The Morgan fingerprint density at radius 3 is 2.90 bits per heavy atom. The first-order chi connectivity index (χ1) is 10.2. The zero-order valence-corrected chi connectivity index (χ0v) is 12.8. The van der Waals surface area contributed by atoms with Crippen LogP contribution in [0.1, 0.15) is 29.3 Å². The molecule has 112 valence electrons. The molecule has 0 aliphatic rings. The number of thioether (sulfide) groups is 1. The van der Waals surface area contributed by atoms with Crippen molar-refractivity contribution < 1.29 is 9.53 Å². The van der Waals surface area contributed by atoms with E-state index in [-0.39, 0.29) is 11.7 Å². The molecule has 1 aromatic carbocycles. The van der Waals surface area contributed by atoms with E-state index in [1.54, 1.807) is 16.7 Å². The number of nitrogens with one attached hydrogen (secondary N) is 1. The molecule has 0 aliphatic carbocycles. The molecule has 6 nitrogen and oxygen atoms in total. The number of hydrogen-bond donors (Lipinski definition) is 1. The molecule has 2 aromatic rings. The van der Waals surface area contributed by atoms with E-state index in [1.807, 2.05) is 19.1 Å². The fourth-order valence-electron chi connectivity index (χ4n) is 1.93. The predicted molar refractivity (Wildman–Crippen MR) is 80.5 cm³/mol. The number of carbonyl (C=O) groups is 1. The Hall–Kier alpha value is -2.02. The van der Waals surface area contributed by atoms with Crippen LogP contribution in [0.5, 0.6) is 0 Å². The van der Waals surface area contributed by atoms with Crippen molar-refractivity contribution in [2.75, 3.05) is 7.11 Å². The van der Waals surface area contributed by atoms with Gasteiger partial charge >= 0.3 is 11.7 Å². The van der Waals surface area contributed by atoms with Crippen LogP contribution in [0.2, 0.25) is 0 Å². The van der Waals surface area contributed by atoms with Gasteiger partial charge in [-0.15, -0.1) is 5.10 Å². The van der Waals surface area contributed by atoms with Crippen molar-refractivity contribution in [2.24, 2.45) is 0 Å². The Balaban J connectivity index is 2.17. The van der Waals surface area contributed by atoms with Crippen LogP contribution < -0.4 is 5.69 Å². The molecule has 0 saturated carbocycles. The van der Waals surface area contributed by atoms with Gasteiger partial charge in [0.05, 0.1) is 12.7 Å². The Bertz CT molecular complexity index is 678. The van der Waals surface area contributed by atoms with E-state index in [0.29, 0.717) is 23.0 Å². The number of benzene rings is 1. The maximum absolute atomic E-state index is 11.7. The monoisotopic (exact) mass is 307 g/mol. The topological polar surface area (TPSA) is 77.0 Å². The van der Waals surface area contributed by atoms with Crippen molar-refractivity contribution >= 4 is 17.7 Å². The highest BCUT2D eigenvalue weighted by molar-refractivity contribution is 7.98. The average Bonchev–Trinajstić information content (AvgIpc) is 2.86. The number of rotatable bonds is 6. The van der Waals surface area contributed by atoms with E-state index < -0.39 is 0 Å². The normalized spacial score (nSPS) is 10.6. The van der Waals surface area contributed by atoms with Gasteiger partial charge in [-0.05, 0) is 18.1 Å². The molecule has 0 amide bonds. The molecule has 0 spiro atoms. The molecule has 0 atom stereocenters. The van der Waals surface area contributed by atoms with Crippen LogP contribution in [0.3, 0.4) is 0 Å². The van der Waals surface area contributed by atoms with E-state index in [4.69, 9.17) is 4.74 Å².